The molecule has 1 aliphatic rings. The zero-order valence-corrected chi connectivity index (χ0v) is 11.8. The number of aliphatic hydroxyl groups excluding tert-OH is 1. The highest BCUT2D eigenvalue weighted by Gasteiger charge is 2.23. The fourth-order valence-corrected chi connectivity index (χ4v) is 3.54. The van der Waals surface area contributed by atoms with E-state index in [1.54, 1.807) is 0 Å². The van der Waals surface area contributed by atoms with E-state index >= 15 is 0 Å². The van der Waals surface area contributed by atoms with Gasteiger partial charge in [-0.1, -0.05) is 12.1 Å². The number of rotatable bonds is 2. The Morgan fingerprint density at radius 1 is 1.22 bits per heavy atom. The van der Waals surface area contributed by atoms with Gasteiger partial charge in [0.2, 0.25) is 0 Å². The highest BCUT2D eigenvalue weighted by molar-refractivity contribution is 9.10. The van der Waals surface area contributed by atoms with E-state index in [2.05, 4.69) is 15.9 Å². The van der Waals surface area contributed by atoms with Crippen LogP contribution in [-0.2, 0) is 0 Å². The third-order valence-corrected chi connectivity index (χ3v) is 4.71. The fourth-order valence-electron chi connectivity index (χ4n) is 1.95. The number of benzene rings is 1. The first-order chi connectivity index (χ1) is 8.77. The van der Waals surface area contributed by atoms with E-state index in [9.17, 15) is 5.11 Å². The molecule has 2 heterocycles. The zero-order valence-electron chi connectivity index (χ0n) is 9.43. The van der Waals surface area contributed by atoms with Crippen LogP contribution in [0.15, 0.2) is 34.1 Å². The van der Waals surface area contributed by atoms with Gasteiger partial charge in [-0.15, -0.1) is 11.3 Å². The van der Waals surface area contributed by atoms with Crippen molar-refractivity contribution >= 4 is 27.3 Å². The first-order valence-electron chi connectivity index (χ1n) is 5.57. The summed E-state index contributed by atoms with van der Waals surface area (Å²) in [5.74, 6) is 1.35. The van der Waals surface area contributed by atoms with Crippen molar-refractivity contribution in [3.05, 3.63) is 44.6 Å². The minimum absolute atomic E-state index is 0.516. The lowest BCUT2D eigenvalue weighted by Gasteiger charge is -2.22. The van der Waals surface area contributed by atoms with Crippen LogP contribution in [0, 0.1) is 0 Å². The Morgan fingerprint density at radius 2 is 2.06 bits per heavy atom. The molecule has 1 unspecified atom stereocenters. The molecule has 5 heteroatoms. The molecule has 1 atom stereocenters. The maximum atomic E-state index is 10.5. The van der Waals surface area contributed by atoms with Crippen LogP contribution in [0.2, 0.25) is 0 Å². The highest BCUT2D eigenvalue weighted by atomic mass is 79.9. The highest BCUT2D eigenvalue weighted by Crippen LogP contribution is 2.41. The molecule has 0 fully saturated rings. The summed E-state index contributed by atoms with van der Waals surface area (Å²) in [4.78, 5) is 0.873. The molecule has 0 aliphatic carbocycles. The van der Waals surface area contributed by atoms with E-state index < -0.39 is 6.10 Å². The molecule has 18 heavy (non-hydrogen) atoms. The van der Waals surface area contributed by atoms with Crippen molar-refractivity contribution in [2.75, 3.05) is 13.2 Å². The van der Waals surface area contributed by atoms with Crippen LogP contribution >= 0.6 is 27.3 Å². The number of ether oxygens (including phenoxy) is 2. The summed E-state index contributed by atoms with van der Waals surface area (Å²) in [7, 11) is 0. The van der Waals surface area contributed by atoms with E-state index in [4.69, 9.17) is 9.47 Å². The summed E-state index contributed by atoms with van der Waals surface area (Å²) >= 11 is 4.95. The van der Waals surface area contributed by atoms with Crippen molar-refractivity contribution in [1.82, 2.24) is 0 Å². The van der Waals surface area contributed by atoms with E-state index in [-0.39, 0.29) is 0 Å². The molecule has 0 radical (unpaired) electrons. The average Bonchev–Trinajstić information content (AvgIpc) is 2.83. The lowest BCUT2D eigenvalue weighted by molar-refractivity contribution is 0.159. The zero-order chi connectivity index (χ0) is 12.5. The molecular weight excluding hydrogens is 316 g/mol. The third kappa shape index (κ3) is 2.02. The first-order valence-corrected chi connectivity index (χ1v) is 7.24. The predicted molar refractivity (Wildman–Crippen MR) is 73.5 cm³/mol. The molecule has 0 amide bonds. The predicted octanol–water partition coefficient (Wildman–Crippen LogP) is 3.36. The molecular formula is C13H11BrO3S. The van der Waals surface area contributed by atoms with Crippen molar-refractivity contribution in [2.45, 2.75) is 6.10 Å². The normalized spacial score (nSPS) is 15.4. The number of hydrogen-bond acceptors (Lipinski definition) is 4. The molecule has 0 bridgehead atoms. The second-order valence-corrected chi connectivity index (χ2v) is 5.71. The molecule has 3 nitrogen and oxygen atoms in total. The molecule has 1 aromatic heterocycles. The van der Waals surface area contributed by atoms with Gasteiger partial charge in [0.1, 0.15) is 19.3 Å². The van der Waals surface area contributed by atoms with Crippen molar-refractivity contribution in [3.8, 4) is 11.5 Å². The summed E-state index contributed by atoms with van der Waals surface area (Å²) in [6.07, 6.45) is -0.698. The van der Waals surface area contributed by atoms with Gasteiger partial charge in [0.25, 0.3) is 0 Å². The maximum Gasteiger partial charge on any atom is 0.167 e. The van der Waals surface area contributed by atoms with Gasteiger partial charge in [-0.05, 0) is 33.4 Å². The number of thiophene rings is 1. The average molecular weight is 327 g/mol. The van der Waals surface area contributed by atoms with Gasteiger partial charge in [-0.25, -0.2) is 0 Å². The minimum Gasteiger partial charge on any atom is -0.486 e. The molecule has 2 aromatic rings. The lowest BCUT2D eigenvalue weighted by atomic mass is 10.1. The van der Waals surface area contributed by atoms with Gasteiger partial charge in [0.15, 0.2) is 11.5 Å². The van der Waals surface area contributed by atoms with Crippen molar-refractivity contribution < 1.29 is 14.6 Å². The second-order valence-electron chi connectivity index (χ2n) is 3.91. The molecule has 3 rings (SSSR count). The second kappa shape index (κ2) is 4.91. The molecule has 0 saturated carbocycles. The van der Waals surface area contributed by atoms with Crippen molar-refractivity contribution in [3.63, 3.8) is 0 Å². The van der Waals surface area contributed by atoms with Gasteiger partial charge >= 0.3 is 0 Å². The van der Waals surface area contributed by atoms with Crippen LogP contribution in [0.1, 0.15) is 16.5 Å². The van der Waals surface area contributed by atoms with E-state index in [0.717, 1.165) is 14.9 Å². The van der Waals surface area contributed by atoms with Crippen LogP contribution in [0.5, 0.6) is 11.5 Å². The summed E-state index contributed by atoms with van der Waals surface area (Å²) in [5.41, 5.74) is 0.746. The third-order valence-electron chi connectivity index (χ3n) is 2.78. The van der Waals surface area contributed by atoms with Crippen LogP contribution in [-0.4, -0.2) is 18.3 Å². The van der Waals surface area contributed by atoms with Crippen LogP contribution in [0.3, 0.4) is 0 Å². The molecule has 94 valence electrons. The largest absolute Gasteiger partial charge is 0.486 e. The monoisotopic (exact) mass is 326 g/mol. The van der Waals surface area contributed by atoms with E-state index in [1.165, 1.54) is 11.3 Å². The fraction of sp³-hybridized carbons (Fsp3) is 0.231. The molecule has 0 spiro atoms. The van der Waals surface area contributed by atoms with Crippen LogP contribution in [0.4, 0.5) is 0 Å². The Labute approximate surface area is 117 Å². The van der Waals surface area contributed by atoms with Gasteiger partial charge in [0, 0.05) is 10.0 Å². The SMILES string of the molecule is OC(c1cccc2c1OCCO2)c1sccc1Br. The molecule has 0 saturated heterocycles. The Bertz CT molecular complexity index is 567. The first kappa shape index (κ1) is 12.0. The summed E-state index contributed by atoms with van der Waals surface area (Å²) < 4.78 is 12.0. The van der Waals surface area contributed by atoms with Gasteiger partial charge in [-0.3, -0.25) is 0 Å². The van der Waals surface area contributed by atoms with Crippen LogP contribution < -0.4 is 9.47 Å². The van der Waals surface area contributed by atoms with E-state index in [0.29, 0.717) is 24.7 Å². The van der Waals surface area contributed by atoms with Gasteiger partial charge in [0.05, 0.1) is 4.88 Å². The summed E-state index contributed by atoms with van der Waals surface area (Å²) in [5, 5.41) is 12.4. The number of aliphatic hydroxyl groups is 1. The Balaban J connectivity index is 2.04. The van der Waals surface area contributed by atoms with E-state index in [1.807, 2.05) is 29.6 Å². The maximum absolute atomic E-state index is 10.5. The van der Waals surface area contributed by atoms with Crippen molar-refractivity contribution in [1.29, 1.82) is 0 Å². The smallest absolute Gasteiger partial charge is 0.167 e. The quantitative estimate of drug-likeness (QED) is 0.919. The molecule has 1 aromatic carbocycles. The number of fused-ring (bicyclic) bond motifs is 1. The van der Waals surface area contributed by atoms with Crippen LogP contribution in [0.25, 0.3) is 0 Å². The number of halogens is 1. The van der Waals surface area contributed by atoms with Gasteiger partial charge in [-0.2, -0.15) is 0 Å². The van der Waals surface area contributed by atoms with Gasteiger partial charge < -0.3 is 14.6 Å². The standard InChI is InChI=1S/C13H11BrO3S/c14-9-4-7-18-13(9)11(15)8-2-1-3-10-12(8)17-6-5-16-10/h1-4,7,11,15H,5-6H2. The number of hydrogen-bond donors (Lipinski definition) is 1. The number of para-hydroxylation sites is 1. The molecule has 1 aliphatic heterocycles. The summed E-state index contributed by atoms with van der Waals surface area (Å²) in [6, 6.07) is 7.52. The Hall–Kier alpha value is -1.04. The van der Waals surface area contributed by atoms with Crippen molar-refractivity contribution in [2.24, 2.45) is 0 Å². The Kier molecular flexibility index (Phi) is 3.28. The molecule has 1 N–H and O–H groups in total. The topological polar surface area (TPSA) is 38.7 Å². The minimum atomic E-state index is -0.698. The Morgan fingerprint density at radius 3 is 2.83 bits per heavy atom. The summed E-state index contributed by atoms with van der Waals surface area (Å²) in [6.45, 7) is 1.07. The lowest BCUT2D eigenvalue weighted by Crippen LogP contribution is -2.17.